The Hall–Kier alpha value is -0.940. The van der Waals surface area contributed by atoms with Crippen LogP contribution >= 0.6 is 15.9 Å². The number of aliphatic hydroxyl groups excluding tert-OH is 1. The largest absolute Gasteiger partial charge is 0.394 e. The van der Waals surface area contributed by atoms with Crippen LogP contribution in [0, 0.1) is 0 Å². The zero-order chi connectivity index (χ0) is 10.1. The van der Waals surface area contributed by atoms with Crippen LogP contribution in [0.15, 0.2) is 22.7 Å². The molecule has 0 amide bonds. The van der Waals surface area contributed by atoms with Crippen molar-refractivity contribution < 1.29 is 5.11 Å². The van der Waals surface area contributed by atoms with Gasteiger partial charge in [-0.3, -0.25) is 0 Å². The molecule has 1 atom stereocenters. The molecule has 0 aliphatic heterocycles. The van der Waals surface area contributed by atoms with Crippen LogP contribution < -0.4 is 0 Å². The topological polar surface area (TPSA) is 50.9 Å². The molecule has 0 aliphatic carbocycles. The maximum Gasteiger partial charge on any atom is 0.113 e. The van der Waals surface area contributed by atoms with E-state index >= 15 is 0 Å². The molecule has 4 nitrogen and oxygen atoms in total. The Morgan fingerprint density at radius 1 is 1.57 bits per heavy atom. The van der Waals surface area contributed by atoms with Crippen molar-refractivity contribution in [3.05, 3.63) is 22.7 Å². The molecule has 2 aromatic rings. The molecule has 1 aromatic carbocycles. The summed E-state index contributed by atoms with van der Waals surface area (Å²) >= 11 is 3.39. The lowest BCUT2D eigenvalue weighted by Gasteiger charge is -2.08. The first-order valence-corrected chi connectivity index (χ1v) is 5.13. The second-order valence-electron chi connectivity index (χ2n) is 3.20. The number of aromatic nitrogens is 3. The van der Waals surface area contributed by atoms with Crippen molar-refractivity contribution in [2.45, 2.75) is 13.0 Å². The van der Waals surface area contributed by atoms with Gasteiger partial charge in [-0.15, -0.1) is 5.10 Å². The molecule has 1 aromatic heterocycles. The molecule has 0 unspecified atom stereocenters. The molecule has 74 valence electrons. The number of rotatable bonds is 2. The first-order valence-electron chi connectivity index (χ1n) is 4.33. The van der Waals surface area contributed by atoms with Gasteiger partial charge in [0.25, 0.3) is 0 Å². The maximum atomic E-state index is 9.04. The number of hydrogen-bond donors (Lipinski definition) is 1. The molecule has 0 saturated heterocycles. The normalized spacial score (nSPS) is 13.4. The number of hydrogen-bond acceptors (Lipinski definition) is 3. The SMILES string of the molecule is C[C@H](CO)n1nnc2ccc(Br)cc21. The van der Waals surface area contributed by atoms with Crippen molar-refractivity contribution in [3.8, 4) is 0 Å². The average molecular weight is 256 g/mol. The number of nitrogens with zero attached hydrogens (tertiary/aromatic N) is 3. The van der Waals surface area contributed by atoms with Gasteiger partial charge >= 0.3 is 0 Å². The lowest BCUT2D eigenvalue weighted by molar-refractivity contribution is 0.231. The zero-order valence-corrected chi connectivity index (χ0v) is 9.27. The Bertz CT molecular complexity index is 454. The molecule has 0 fully saturated rings. The van der Waals surface area contributed by atoms with E-state index in [4.69, 9.17) is 5.11 Å². The first-order chi connectivity index (χ1) is 6.72. The number of fused-ring (bicyclic) bond motifs is 1. The fraction of sp³-hybridized carbons (Fsp3) is 0.333. The summed E-state index contributed by atoms with van der Waals surface area (Å²) in [5.41, 5.74) is 1.77. The van der Waals surface area contributed by atoms with E-state index in [1.165, 1.54) is 0 Å². The molecule has 1 heterocycles. The fourth-order valence-corrected chi connectivity index (χ4v) is 1.66. The molecular weight excluding hydrogens is 246 g/mol. The summed E-state index contributed by atoms with van der Waals surface area (Å²) in [6.45, 7) is 1.96. The average Bonchev–Trinajstić information content (AvgIpc) is 2.59. The van der Waals surface area contributed by atoms with Crippen LogP contribution in [0.2, 0.25) is 0 Å². The van der Waals surface area contributed by atoms with Crippen LogP contribution in [-0.4, -0.2) is 26.7 Å². The predicted molar refractivity (Wildman–Crippen MR) is 57.0 cm³/mol. The Morgan fingerprint density at radius 3 is 3.07 bits per heavy atom. The zero-order valence-electron chi connectivity index (χ0n) is 7.68. The van der Waals surface area contributed by atoms with E-state index in [9.17, 15) is 0 Å². The summed E-state index contributed by atoms with van der Waals surface area (Å²) < 4.78 is 2.71. The third kappa shape index (κ3) is 1.53. The lowest BCUT2D eigenvalue weighted by Crippen LogP contribution is -2.10. The van der Waals surface area contributed by atoms with Crippen LogP contribution in [0.4, 0.5) is 0 Å². The monoisotopic (exact) mass is 255 g/mol. The highest BCUT2D eigenvalue weighted by molar-refractivity contribution is 9.10. The smallest absolute Gasteiger partial charge is 0.113 e. The fourth-order valence-electron chi connectivity index (χ4n) is 1.31. The van der Waals surface area contributed by atoms with Crippen LogP contribution in [0.5, 0.6) is 0 Å². The molecule has 0 saturated carbocycles. The van der Waals surface area contributed by atoms with Gasteiger partial charge in [0.15, 0.2) is 0 Å². The summed E-state index contributed by atoms with van der Waals surface area (Å²) in [4.78, 5) is 0. The van der Waals surface area contributed by atoms with E-state index in [0.717, 1.165) is 15.5 Å². The van der Waals surface area contributed by atoms with Crippen LogP contribution in [0.25, 0.3) is 11.0 Å². The first kappa shape index (κ1) is 9.61. The minimum absolute atomic E-state index is 0.0469. The van der Waals surface area contributed by atoms with E-state index in [0.29, 0.717) is 0 Å². The van der Waals surface area contributed by atoms with Crippen LogP contribution in [0.1, 0.15) is 13.0 Å². The van der Waals surface area contributed by atoms with Gasteiger partial charge in [0.2, 0.25) is 0 Å². The van der Waals surface area contributed by atoms with Gasteiger partial charge in [0.05, 0.1) is 18.2 Å². The highest BCUT2D eigenvalue weighted by atomic mass is 79.9. The summed E-state index contributed by atoms with van der Waals surface area (Å²) in [7, 11) is 0. The Morgan fingerprint density at radius 2 is 2.36 bits per heavy atom. The molecule has 2 rings (SSSR count). The minimum atomic E-state index is -0.0469. The molecule has 0 spiro atoms. The second kappa shape index (κ2) is 3.67. The van der Waals surface area contributed by atoms with E-state index in [1.807, 2.05) is 25.1 Å². The van der Waals surface area contributed by atoms with Gasteiger partial charge in [-0.2, -0.15) is 0 Å². The third-order valence-corrected chi connectivity index (χ3v) is 2.61. The molecule has 14 heavy (non-hydrogen) atoms. The lowest BCUT2D eigenvalue weighted by atomic mass is 10.3. The summed E-state index contributed by atoms with van der Waals surface area (Å²) in [6.07, 6.45) is 0. The number of aliphatic hydroxyl groups is 1. The van der Waals surface area contributed by atoms with Crippen LogP contribution in [-0.2, 0) is 0 Å². The van der Waals surface area contributed by atoms with Crippen molar-refractivity contribution in [1.29, 1.82) is 0 Å². The molecule has 0 bridgehead atoms. The van der Waals surface area contributed by atoms with Crippen molar-refractivity contribution in [1.82, 2.24) is 15.0 Å². The van der Waals surface area contributed by atoms with Crippen molar-refractivity contribution in [3.63, 3.8) is 0 Å². The van der Waals surface area contributed by atoms with Gasteiger partial charge in [0, 0.05) is 4.47 Å². The highest BCUT2D eigenvalue weighted by Crippen LogP contribution is 2.19. The van der Waals surface area contributed by atoms with Gasteiger partial charge in [0.1, 0.15) is 5.52 Å². The molecule has 0 aliphatic rings. The van der Waals surface area contributed by atoms with E-state index < -0.39 is 0 Å². The Labute approximate surface area is 89.7 Å². The van der Waals surface area contributed by atoms with E-state index in [2.05, 4.69) is 26.2 Å². The van der Waals surface area contributed by atoms with Gasteiger partial charge in [-0.25, -0.2) is 4.68 Å². The van der Waals surface area contributed by atoms with E-state index in [1.54, 1.807) is 4.68 Å². The van der Waals surface area contributed by atoms with Crippen molar-refractivity contribution in [2.75, 3.05) is 6.61 Å². The van der Waals surface area contributed by atoms with Gasteiger partial charge in [-0.05, 0) is 25.1 Å². The summed E-state index contributed by atoms with van der Waals surface area (Å²) in [5.74, 6) is 0. The number of halogens is 1. The van der Waals surface area contributed by atoms with Crippen molar-refractivity contribution in [2.24, 2.45) is 0 Å². The van der Waals surface area contributed by atoms with Crippen LogP contribution in [0.3, 0.4) is 0 Å². The minimum Gasteiger partial charge on any atom is -0.394 e. The van der Waals surface area contributed by atoms with E-state index in [-0.39, 0.29) is 12.6 Å². The quantitative estimate of drug-likeness (QED) is 0.890. The molecular formula is C9H10BrN3O. The van der Waals surface area contributed by atoms with Gasteiger partial charge < -0.3 is 5.11 Å². The molecule has 0 radical (unpaired) electrons. The second-order valence-corrected chi connectivity index (χ2v) is 4.11. The predicted octanol–water partition coefficient (Wildman–Crippen LogP) is 1.75. The molecule has 1 N–H and O–H groups in total. The van der Waals surface area contributed by atoms with Gasteiger partial charge in [-0.1, -0.05) is 21.1 Å². The Kier molecular flexibility index (Phi) is 2.52. The maximum absolute atomic E-state index is 9.04. The number of benzene rings is 1. The summed E-state index contributed by atoms with van der Waals surface area (Å²) in [5, 5.41) is 17.0. The van der Waals surface area contributed by atoms with Crippen molar-refractivity contribution >= 4 is 27.0 Å². The highest BCUT2D eigenvalue weighted by Gasteiger charge is 2.09. The standard InChI is InChI=1S/C9H10BrN3O/c1-6(5-14)13-9-4-7(10)2-3-8(9)11-12-13/h2-4,6,14H,5H2,1H3/t6-/m1/s1. The third-order valence-electron chi connectivity index (χ3n) is 2.11. The molecule has 5 heteroatoms. The summed E-state index contributed by atoms with van der Waals surface area (Å²) in [6, 6.07) is 5.72. The Balaban J connectivity index is 2.61.